The van der Waals surface area contributed by atoms with Gasteiger partial charge in [-0.3, -0.25) is 13.8 Å². The fourth-order valence-electron chi connectivity index (χ4n) is 6.19. The standard InChI is InChI=1S/C53H90NO7P/c1-3-5-7-9-11-13-15-17-19-21-22-23-24-25-26-27-28-29-31-33-35-37-39-41-43-45-48-58-50-52(51-60-62(56,57)59-49-47-54)61-53(55)46-44-42-40-38-36-34-32-30-20-18-16-14-12-10-8-6-4-2/h5-8,11-14,17-20,22-23,25-26,32,34,52H,3-4,9-10,15-16,21,24,27-31,33,35-51,54H2,1-2H3,(H,56,57)/b7-5-,8-6-,13-11-,14-12-,19-17-,20-18-,23-22-,26-25-,34-32-. The van der Waals surface area contributed by atoms with Crippen molar-refractivity contribution in [3.63, 3.8) is 0 Å². The molecule has 2 atom stereocenters. The van der Waals surface area contributed by atoms with Gasteiger partial charge in [-0.1, -0.05) is 187 Å². The highest BCUT2D eigenvalue weighted by molar-refractivity contribution is 7.47. The molecule has 0 fully saturated rings. The van der Waals surface area contributed by atoms with Crippen molar-refractivity contribution < 1.29 is 32.8 Å². The summed E-state index contributed by atoms with van der Waals surface area (Å²) in [5.41, 5.74) is 5.38. The van der Waals surface area contributed by atoms with Crippen molar-refractivity contribution in [1.82, 2.24) is 0 Å². The molecule has 0 aliphatic heterocycles. The quantitative estimate of drug-likeness (QED) is 0.0269. The number of hydrogen-bond donors (Lipinski definition) is 2. The Hall–Kier alpha value is -2.84. The molecule has 0 radical (unpaired) electrons. The van der Waals surface area contributed by atoms with Gasteiger partial charge < -0.3 is 20.1 Å². The van der Waals surface area contributed by atoms with Gasteiger partial charge >= 0.3 is 13.8 Å². The molecule has 8 nitrogen and oxygen atoms in total. The van der Waals surface area contributed by atoms with E-state index >= 15 is 0 Å². The molecule has 3 N–H and O–H groups in total. The molecule has 0 saturated heterocycles. The molecule has 0 aliphatic carbocycles. The van der Waals surface area contributed by atoms with E-state index in [1.807, 2.05) is 0 Å². The van der Waals surface area contributed by atoms with Gasteiger partial charge in [0.05, 0.1) is 19.8 Å². The summed E-state index contributed by atoms with van der Waals surface area (Å²) in [6.45, 7) is 4.63. The van der Waals surface area contributed by atoms with Crippen molar-refractivity contribution in [3.8, 4) is 0 Å². The predicted octanol–water partition coefficient (Wildman–Crippen LogP) is 15.2. The molecule has 0 rings (SSSR count). The summed E-state index contributed by atoms with van der Waals surface area (Å²) >= 11 is 0. The van der Waals surface area contributed by atoms with Gasteiger partial charge in [0.25, 0.3) is 0 Å². The van der Waals surface area contributed by atoms with Crippen molar-refractivity contribution >= 4 is 13.8 Å². The largest absolute Gasteiger partial charge is 0.472 e. The number of rotatable bonds is 45. The fourth-order valence-corrected chi connectivity index (χ4v) is 6.96. The van der Waals surface area contributed by atoms with Crippen LogP contribution in [0.1, 0.15) is 181 Å². The smallest absolute Gasteiger partial charge is 0.457 e. The number of unbranched alkanes of at least 4 members (excludes halogenated alkanes) is 14. The zero-order chi connectivity index (χ0) is 45.1. The van der Waals surface area contributed by atoms with E-state index in [0.717, 1.165) is 103 Å². The number of carbonyl (C=O) groups is 1. The summed E-state index contributed by atoms with van der Waals surface area (Å²) in [6, 6.07) is 0. The lowest BCUT2D eigenvalue weighted by Crippen LogP contribution is -2.28. The minimum Gasteiger partial charge on any atom is -0.457 e. The van der Waals surface area contributed by atoms with E-state index in [-0.39, 0.29) is 38.8 Å². The van der Waals surface area contributed by atoms with Crippen LogP contribution < -0.4 is 5.73 Å². The molecule has 0 aliphatic rings. The first-order chi connectivity index (χ1) is 30.4. The zero-order valence-corrected chi connectivity index (χ0v) is 40.2. The van der Waals surface area contributed by atoms with Gasteiger partial charge in [-0.25, -0.2) is 4.57 Å². The summed E-state index contributed by atoms with van der Waals surface area (Å²) in [7, 11) is -4.30. The van der Waals surface area contributed by atoms with Crippen molar-refractivity contribution in [2.24, 2.45) is 5.73 Å². The molecule has 0 heterocycles. The maximum atomic E-state index is 12.6. The van der Waals surface area contributed by atoms with E-state index in [1.54, 1.807) is 0 Å². The number of allylic oxidation sites excluding steroid dienone is 18. The summed E-state index contributed by atoms with van der Waals surface area (Å²) in [5.74, 6) is -0.359. The van der Waals surface area contributed by atoms with Gasteiger partial charge in [0.2, 0.25) is 0 Å². The molecular weight excluding hydrogens is 794 g/mol. The highest BCUT2D eigenvalue weighted by atomic mass is 31.2. The first-order valence-corrected chi connectivity index (χ1v) is 25.9. The fraction of sp³-hybridized carbons (Fsp3) is 0.642. The van der Waals surface area contributed by atoms with Crippen LogP contribution in [0.3, 0.4) is 0 Å². The van der Waals surface area contributed by atoms with E-state index in [0.29, 0.717) is 6.61 Å². The second-order valence-electron chi connectivity index (χ2n) is 15.6. The average Bonchev–Trinajstić information content (AvgIpc) is 3.26. The molecule has 0 bridgehead atoms. The Morgan fingerprint density at radius 1 is 0.484 bits per heavy atom. The van der Waals surface area contributed by atoms with Crippen LogP contribution in [0.15, 0.2) is 109 Å². The molecule has 0 aromatic carbocycles. The Kier molecular flexibility index (Phi) is 46.9. The van der Waals surface area contributed by atoms with Gasteiger partial charge in [0, 0.05) is 19.6 Å². The highest BCUT2D eigenvalue weighted by Gasteiger charge is 2.25. The van der Waals surface area contributed by atoms with Crippen molar-refractivity contribution in [1.29, 1.82) is 0 Å². The van der Waals surface area contributed by atoms with Gasteiger partial charge in [-0.2, -0.15) is 0 Å². The van der Waals surface area contributed by atoms with Crippen LogP contribution in [0.2, 0.25) is 0 Å². The number of esters is 1. The third-order valence-electron chi connectivity index (χ3n) is 9.69. The number of phosphoric ester groups is 1. The lowest BCUT2D eigenvalue weighted by atomic mass is 10.1. The molecule has 0 amide bonds. The number of hydrogen-bond acceptors (Lipinski definition) is 7. The van der Waals surface area contributed by atoms with Gasteiger partial charge in [0.1, 0.15) is 6.10 Å². The molecule has 0 saturated carbocycles. The highest BCUT2D eigenvalue weighted by Crippen LogP contribution is 2.43. The molecule has 0 aromatic rings. The average molecular weight is 884 g/mol. The number of ether oxygens (including phenoxy) is 2. The van der Waals surface area contributed by atoms with Crippen LogP contribution in [0.5, 0.6) is 0 Å². The molecule has 2 unspecified atom stereocenters. The van der Waals surface area contributed by atoms with Crippen molar-refractivity contribution in [2.45, 2.75) is 187 Å². The Labute approximate surface area is 380 Å². The van der Waals surface area contributed by atoms with Gasteiger partial charge in [-0.05, 0) is 96.3 Å². The van der Waals surface area contributed by atoms with Gasteiger partial charge in [0.15, 0.2) is 0 Å². The molecular formula is C53H90NO7P. The first kappa shape index (κ1) is 59.2. The van der Waals surface area contributed by atoms with Crippen molar-refractivity contribution in [3.05, 3.63) is 109 Å². The number of nitrogens with two attached hydrogens (primary N) is 1. The lowest BCUT2D eigenvalue weighted by molar-refractivity contribution is -0.154. The lowest BCUT2D eigenvalue weighted by Gasteiger charge is -2.20. The minimum atomic E-state index is -4.30. The maximum absolute atomic E-state index is 12.6. The van der Waals surface area contributed by atoms with Crippen LogP contribution >= 0.6 is 7.82 Å². The summed E-state index contributed by atoms with van der Waals surface area (Å²) in [4.78, 5) is 22.5. The van der Waals surface area contributed by atoms with E-state index < -0.39 is 13.9 Å². The first-order valence-electron chi connectivity index (χ1n) is 24.4. The Morgan fingerprint density at radius 2 is 0.855 bits per heavy atom. The van der Waals surface area contributed by atoms with E-state index in [4.69, 9.17) is 24.3 Å². The van der Waals surface area contributed by atoms with Crippen LogP contribution in [-0.2, 0) is 27.9 Å². The summed E-state index contributed by atoms with van der Waals surface area (Å²) < 4.78 is 33.5. The third kappa shape index (κ3) is 48.2. The van der Waals surface area contributed by atoms with E-state index in [2.05, 4.69) is 123 Å². The van der Waals surface area contributed by atoms with Crippen molar-refractivity contribution in [2.75, 3.05) is 33.0 Å². The van der Waals surface area contributed by atoms with E-state index in [1.165, 1.54) is 57.8 Å². The summed E-state index contributed by atoms with van der Waals surface area (Å²) in [5, 5.41) is 0. The second kappa shape index (κ2) is 49.2. The predicted molar refractivity (Wildman–Crippen MR) is 265 cm³/mol. The molecule has 9 heteroatoms. The maximum Gasteiger partial charge on any atom is 0.472 e. The molecule has 62 heavy (non-hydrogen) atoms. The normalized spacial score (nSPS) is 14.3. The summed E-state index contributed by atoms with van der Waals surface area (Å²) in [6.07, 6.45) is 66.9. The monoisotopic (exact) mass is 884 g/mol. The SMILES string of the molecule is CC/C=C\C/C=C\C/C=C\C/C=C\C/C=C\CCCCCCCCCCCCOCC(COP(=O)(O)OCCN)OC(=O)CCCCCC/C=C\C/C=C\C/C=C\C/C=C\CC. The molecule has 0 aromatic heterocycles. The molecule has 354 valence electrons. The molecule has 0 spiro atoms. The van der Waals surface area contributed by atoms with Crippen LogP contribution in [0.25, 0.3) is 0 Å². The number of phosphoric acid groups is 1. The van der Waals surface area contributed by atoms with Crippen LogP contribution in [-0.4, -0.2) is 49.9 Å². The van der Waals surface area contributed by atoms with Crippen LogP contribution in [0.4, 0.5) is 0 Å². The van der Waals surface area contributed by atoms with Gasteiger partial charge in [-0.15, -0.1) is 0 Å². The topological polar surface area (TPSA) is 117 Å². The zero-order valence-electron chi connectivity index (χ0n) is 39.3. The number of carbonyl (C=O) groups excluding carboxylic acids is 1. The minimum absolute atomic E-state index is 0.0891. The van der Waals surface area contributed by atoms with Crippen LogP contribution in [0, 0.1) is 0 Å². The Balaban J connectivity index is 4.02. The Bertz CT molecular complexity index is 1310. The second-order valence-corrected chi connectivity index (χ2v) is 17.0. The Morgan fingerprint density at radius 3 is 1.27 bits per heavy atom. The third-order valence-corrected chi connectivity index (χ3v) is 10.7. The van der Waals surface area contributed by atoms with E-state index in [9.17, 15) is 14.3 Å².